The number of halogens is 2. The van der Waals surface area contributed by atoms with Crippen molar-refractivity contribution in [2.75, 3.05) is 5.32 Å². The topological polar surface area (TPSA) is 73.4 Å². The molecule has 0 bridgehead atoms. The molecule has 2 atom stereocenters. The van der Waals surface area contributed by atoms with E-state index in [1.54, 1.807) is 18.2 Å². The van der Waals surface area contributed by atoms with Gasteiger partial charge in [-0.1, -0.05) is 47.5 Å². The van der Waals surface area contributed by atoms with Gasteiger partial charge in [-0.2, -0.15) is 0 Å². The van der Waals surface area contributed by atoms with Crippen LogP contribution in [0.25, 0.3) is 0 Å². The van der Waals surface area contributed by atoms with Crippen molar-refractivity contribution in [3.05, 3.63) is 57.6 Å². The maximum atomic E-state index is 12.4. The number of aromatic hydroxyl groups is 1. The molecule has 126 valence electrons. The fourth-order valence-corrected chi connectivity index (χ4v) is 3.06. The zero-order chi connectivity index (χ0) is 17.3. The summed E-state index contributed by atoms with van der Waals surface area (Å²) >= 11 is 12.0. The van der Waals surface area contributed by atoms with Crippen LogP contribution in [0.2, 0.25) is 10.0 Å². The number of hydrazine groups is 1. The molecule has 1 saturated heterocycles. The Balaban J connectivity index is 1.70. The van der Waals surface area contributed by atoms with Crippen molar-refractivity contribution in [2.24, 2.45) is 0 Å². The number of aryl methyl sites for hydroxylation is 1. The number of amides is 1. The Morgan fingerprint density at radius 1 is 1.21 bits per heavy atom. The maximum absolute atomic E-state index is 12.4. The molecule has 7 heteroatoms. The first-order valence-corrected chi connectivity index (χ1v) is 8.27. The van der Waals surface area contributed by atoms with Crippen molar-refractivity contribution in [3.63, 3.8) is 0 Å². The summed E-state index contributed by atoms with van der Waals surface area (Å²) in [6.45, 7) is 1.84. The number of hydrogen-bond acceptors (Lipinski definition) is 4. The van der Waals surface area contributed by atoms with Gasteiger partial charge in [0.05, 0.1) is 21.8 Å². The predicted octanol–water partition coefficient (Wildman–Crippen LogP) is 3.55. The molecule has 4 N–H and O–H groups in total. The lowest BCUT2D eigenvalue weighted by atomic mass is 9.99. The van der Waals surface area contributed by atoms with Gasteiger partial charge in [-0.15, -0.1) is 0 Å². The summed E-state index contributed by atoms with van der Waals surface area (Å²) in [6, 6.07) is 10.0. The van der Waals surface area contributed by atoms with E-state index in [9.17, 15) is 9.90 Å². The number of phenolic OH excluding ortho intramolecular Hbond substituents is 1. The van der Waals surface area contributed by atoms with E-state index in [2.05, 4.69) is 16.2 Å². The van der Waals surface area contributed by atoms with Crippen molar-refractivity contribution in [1.29, 1.82) is 0 Å². The van der Waals surface area contributed by atoms with Gasteiger partial charge in [-0.05, 0) is 31.0 Å². The Morgan fingerprint density at radius 3 is 2.75 bits per heavy atom. The molecule has 0 spiro atoms. The third-order valence-corrected chi connectivity index (χ3v) is 4.89. The summed E-state index contributed by atoms with van der Waals surface area (Å²) < 4.78 is 0. The van der Waals surface area contributed by atoms with E-state index >= 15 is 0 Å². The lowest BCUT2D eigenvalue weighted by Crippen LogP contribution is -2.39. The molecule has 0 radical (unpaired) electrons. The van der Waals surface area contributed by atoms with E-state index in [0.717, 1.165) is 11.1 Å². The summed E-state index contributed by atoms with van der Waals surface area (Å²) in [4.78, 5) is 12.4. The highest BCUT2D eigenvalue weighted by Gasteiger charge is 2.31. The minimum Gasteiger partial charge on any atom is -0.507 e. The number of carbonyl (C=O) groups is 1. The molecule has 5 nitrogen and oxygen atoms in total. The molecule has 2 unspecified atom stereocenters. The molecular weight excluding hydrogens is 349 g/mol. The van der Waals surface area contributed by atoms with Gasteiger partial charge in [0.25, 0.3) is 0 Å². The molecule has 1 amide bonds. The molecular formula is C17H17Cl2N3O2. The smallest absolute Gasteiger partial charge is 0.242 e. The van der Waals surface area contributed by atoms with Gasteiger partial charge in [0.2, 0.25) is 5.91 Å². The molecule has 2 aromatic rings. The van der Waals surface area contributed by atoms with Crippen molar-refractivity contribution >= 4 is 34.8 Å². The molecule has 0 aromatic heterocycles. The molecule has 24 heavy (non-hydrogen) atoms. The number of benzene rings is 2. The van der Waals surface area contributed by atoms with Crippen LogP contribution < -0.4 is 16.2 Å². The van der Waals surface area contributed by atoms with Gasteiger partial charge in [-0.3, -0.25) is 4.79 Å². The van der Waals surface area contributed by atoms with Crippen LogP contribution in [0.4, 0.5) is 5.69 Å². The van der Waals surface area contributed by atoms with E-state index in [-0.39, 0.29) is 17.7 Å². The minimum absolute atomic E-state index is 0.157. The van der Waals surface area contributed by atoms with Crippen LogP contribution in [0.3, 0.4) is 0 Å². The first-order chi connectivity index (χ1) is 11.5. The number of anilines is 1. The van der Waals surface area contributed by atoms with Gasteiger partial charge in [-0.25, -0.2) is 10.9 Å². The number of para-hydroxylation sites is 1. The summed E-state index contributed by atoms with van der Waals surface area (Å²) in [5, 5.41) is 13.7. The summed E-state index contributed by atoms with van der Waals surface area (Å²) in [5.41, 5.74) is 8.04. The highest BCUT2D eigenvalue weighted by molar-refractivity contribution is 6.44. The number of rotatable bonds is 3. The van der Waals surface area contributed by atoms with Crippen molar-refractivity contribution in [1.82, 2.24) is 10.9 Å². The fraction of sp³-hybridized carbons (Fsp3) is 0.235. The average Bonchev–Trinajstić information content (AvgIpc) is 3.04. The Hall–Kier alpha value is -1.79. The maximum Gasteiger partial charge on any atom is 0.242 e. The summed E-state index contributed by atoms with van der Waals surface area (Å²) in [6.07, 6.45) is 0.501. The van der Waals surface area contributed by atoms with E-state index in [1.807, 2.05) is 25.1 Å². The molecule has 1 aliphatic heterocycles. The second-order valence-corrected chi connectivity index (χ2v) is 6.52. The van der Waals surface area contributed by atoms with Crippen LogP contribution >= 0.6 is 23.2 Å². The number of nitrogens with one attached hydrogen (secondary N) is 3. The van der Waals surface area contributed by atoms with Gasteiger partial charge in [0.1, 0.15) is 11.8 Å². The minimum atomic E-state index is -0.454. The molecule has 0 saturated carbocycles. The molecule has 0 aliphatic carbocycles. The van der Waals surface area contributed by atoms with E-state index in [1.165, 1.54) is 0 Å². The number of carbonyl (C=O) groups excluding carboxylic acids is 1. The third-order valence-electron chi connectivity index (χ3n) is 4.07. The summed E-state index contributed by atoms with van der Waals surface area (Å²) in [5.74, 6) is 0.0250. The molecule has 1 fully saturated rings. The fourth-order valence-electron chi connectivity index (χ4n) is 2.72. The van der Waals surface area contributed by atoms with Crippen LogP contribution in [0.15, 0.2) is 36.4 Å². The molecule has 1 aliphatic rings. The normalized spacial score (nSPS) is 20.1. The van der Waals surface area contributed by atoms with Gasteiger partial charge < -0.3 is 10.4 Å². The Morgan fingerprint density at radius 2 is 1.96 bits per heavy atom. The van der Waals surface area contributed by atoms with Crippen molar-refractivity contribution in [3.8, 4) is 5.75 Å². The molecule has 2 aromatic carbocycles. The van der Waals surface area contributed by atoms with E-state index in [0.29, 0.717) is 22.2 Å². The first kappa shape index (κ1) is 17.0. The van der Waals surface area contributed by atoms with Crippen molar-refractivity contribution in [2.45, 2.75) is 25.4 Å². The average molecular weight is 366 g/mol. The Bertz CT molecular complexity index is 782. The van der Waals surface area contributed by atoms with E-state index in [4.69, 9.17) is 23.2 Å². The lowest BCUT2D eigenvalue weighted by Gasteiger charge is -2.13. The third kappa shape index (κ3) is 3.35. The van der Waals surface area contributed by atoms with Crippen LogP contribution in [0.1, 0.15) is 23.6 Å². The van der Waals surface area contributed by atoms with Crippen LogP contribution in [0.5, 0.6) is 5.75 Å². The summed E-state index contributed by atoms with van der Waals surface area (Å²) in [7, 11) is 0. The highest BCUT2D eigenvalue weighted by atomic mass is 35.5. The van der Waals surface area contributed by atoms with E-state index < -0.39 is 6.04 Å². The Kier molecular flexibility index (Phi) is 4.96. The first-order valence-electron chi connectivity index (χ1n) is 7.51. The van der Waals surface area contributed by atoms with Crippen LogP contribution in [-0.4, -0.2) is 17.1 Å². The lowest BCUT2D eigenvalue weighted by molar-refractivity contribution is -0.117. The van der Waals surface area contributed by atoms with Crippen LogP contribution in [-0.2, 0) is 4.79 Å². The number of phenols is 1. The standard InChI is InChI=1S/C17H17Cl2N3O2/c1-9-4-2-5-10(16(9)23)13-8-14(22-21-13)17(24)20-12-7-3-6-11(18)15(12)19/h2-7,13-14,21-23H,8H2,1H3,(H,20,24). The zero-order valence-corrected chi connectivity index (χ0v) is 14.4. The highest BCUT2D eigenvalue weighted by Crippen LogP contribution is 2.33. The second kappa shape index (κ2) is 6.99. The van der Waals surface area contributed by atoms with Gasteiger partial charge in [0.15, 0.2) is 0 Å². The van der Waals surface area contributed by atoms with Crippen molar-refractivity contribution < 1.29 is 9.90 Å². The van der Waals surface area contributed by atoms with Gasteiger partial charge >= 0.3 is 0 Å². The second-order valence-electron chi connectivity index (χ2n) is 5.73. The largest absolute Gasteiger partial charge is 0.507 e. The Labute approximate surface area is 149 Å². The number of hydrogen-bond donors (Lipinski definition) is 4. The molecule has 3 rings (SSSR count). The predicted molar refractivity (Wildman–Crippen MR) is 95.4 cm³/mol. The monoisotopic (exact) mass is 365 g/mol. The van der Waals surface area contributed by atoms with Gasteiger partial charge in [0, 0.05) is 5.56 Å². The molecule has 1 heterocycles. The SMILES string of the molecule is Cc1cccc(C2CC(C(=O)Nc3cccc(Cl)c3Cl)NN2)c1O. The zero-order valence-electron chi connectivity index (χ0n) is 12.9. The van der Waals surface area contributed by atoms with Crippen LogP contribution in [0, 0.1) is 6.92 Å². The quantitative estimate of drug-likeness (QED) is 0.670.